The van der Waals surface area contributed by atoms with E-state index >= 15 is 0 Å². The fourth-order valence-corrected chi connectivity index (χ4v) is 3.03. The minimum absolute atomic E-state index is 0.382. The second-order valence-corrected chi connectivity index (χ2v) is 6.36. The fraction of sp³-hybridized carbons (Fsp3) is 0.667. The average molecular weight is 303 g/mol. The van der Waals surface area contributed by atoms with Gasteiger partial charge in [-0.2, -0.15) is 5.10 Å². The quantitative estimate of drug-likeness (QED) is 0.765. The summed E-state index contributed by atoms with van der Waals surface area (Å²) in [5, 5.41) is 4.48. The van der Waals surface area contributed by atoms with Crippen LogP contribution in [-0.4, -0.2) is 35.5 Å². The molecule has 0 saturated carbocycles. The van der Waals surface area contributed by atoms with E-state index in [-0.39, 0.29) is 0 Å². The van der Waals surface area contributed by atoms with Crippen LogP contribution in [0.2, 0.25) is 0 Å². The number of aromatic nitrogens is 4. The average Bonchev–Trinajstić information content (AvgIpc) is 2.87. The van der Waals surface area contributed by atoms with Gasteiger partial charge in [-0.05, 0) is 12.8 Å². The van der Waals surface area contributed by atoms with Crippen molar-refractivity contribution in [3.05, 3.63) is 11.5 Å². The van der Waals surface area contributed by atoms with Crippen LogP contribution in [0.4, 0.5) is 0 Å². The molecule has 0 aliphatic heterocycles. The number of rotatable bonds is 6. The van der Waals surface area contributed by atoms with Gasteiger partial charge in [-0.3, -0.25) is 8.89 Å². The van der Waals surface area contributed by atoms with Crippen molar-refractivity contribution in [1.29, 1.82) is 0 Å². The summed E-state index contributed by atoms with van der Waals surface area (Å²) in [7, 11) is 1.17. The van der Waals surface area contributed by atoms with Gasteiger partial charge < -0.3 is 4.57 Å². The standard InChI is InChI=1S/C12H19ClN4OS/c1-4-9-11-12(16(2)15-9)17(10(8-13)14-11)6-5-7-19(3)18/h4-8H2,1-3H3. The summed E-state index contributed by atoms with van der Waals surface area (Å²) >= 11 is 5.98. The molecule has 0 amide bonds. The minimum Gasteiger partial charge on any atom is -0.312 e. The summed E-state index contributed by atoms with van der Waals surface area (Å²) in [6.45, 7) is 2.85. The zero-order valence-corrected chi connectivity index (χ0v) is 13.1. The molecular formula is C12H19ClN4OS. The lowest BCUT2D eigenvalue weighted by Gasteiger charge is -2.07. The van der Waals surface area contributed by atoms with E-state index in [1.807, 2.05) is 11.7 Å². The molecular weight excluding hydrogens is 284 g/mol. The number of hydrogen-bond acceptors (Lipinski definition) is 3. The minimum atomic E-state index is -0.760. The molecule has 0 spiro atoms. The van der Waals surface area contributed by atoms with E-state index in [9.17, 15) is 4.21 Å². The molecule has 2 heterocycles. The lowest BCUT2D eigenvalue weighted by Crippen LogP contribution is -2.09. The topological polar surface area (TPSA) is 52.7 Å². The number of hydrogen-bond donors (Lipinski definition) is 0. The third-order valence-electron chi connectivity index (χ3n) is 3.14. The lowest BCUT2D eigenvalue weighted by atomic mass is 10.3. The van der Waals surface area contributed by atoms with E-state index in [0.717, 1.165) is 42.1 Å². The van der Waals surface area contributed by atoms with Gasteiger partial charge in [-0.1, -0.05) is 6.92 Å². The molecule has 5 nitrogen and oxygen atoms in total. The van der Waals surface area contributed by atoms with Crippen molar-refractivity contribution in [2.45, 2.75) is 32.2 Å². The molecule has 0 aromatic carbocycles. The van der Waals surface area contributed by atoms with Crippen LogP contribution in [-0.2, 0) is 36.7 Å². The Kier molecular flexibility index (Phi) is 4.62. The van der Waals surface area contributed by atoms with Gasteiger partial charge in [0, 0.05) is 36.4 Å². The first-order valence-electron chi connectivity index (χ1n) is 6.35. The number of imidazole rings is 1. The zero-order chi connectivity index (χ0) is 14.0. The van der Waals surface area contributed by atoms with Crippen molar-refractivity contribution in [1.82, 2.24) is 19.3 Å². The highest BCUT2D eigenvalue weighted by Crippen LogP contribution is 2.21. The van der Waals surface area contributed by atoms with Crippen LogP contribution in [0.25, 0.3) is 11.2 Å². The highest BCUT2D eigenvalue weighted by molar-refractivity contribution is 7.84. The van der Waals surface area contributed by atoms with Crippen molar-refractivity contribution in [3.8, 4) is 0 Å². The third-order valence-corrected chi connectivity index (χ3v) is 4.24. The molecule has 2 rings (SSSR count). The van der Waals surface area contributed by atoms with Crippen molar-refractivity contribution in [2.75, 3.05) is 12.0 Å². The van der Waals surface area contributed by atoms with Crippen molar-refractivity contribution < 1.29 is 4.21 Å². The first-order chi connectivity index (χ1) is 9.08. The van der Waals surface area contributed by atoms with E-state index < -0.39 is 10.8 Å². The normalized spacial score (nSPS) is 13.3. The van der Waals surface area contributed by atoms with E-state index in [1.54, 1.807) is 6.26 Å². The maximum absolute atomic E-state index is 11.2. The van der Waals surface area contributed by atoms with Gasteiger partial charge >= 0.3 is 0 Å². The number of aryl methyl sites for hydroxylation is 3. The number of halogens is 1. The first kappa shape index (κ1) is 14.5. The molecule has 7 heteroatoms. The highest BCUT2D eigenvalue weighted by Gasteiger charge is 2.17. The molecule has 2 aromatic heterocycles. The van der Waals surface area contributed by atoms with Crippen LogP contribution >= 0.6 is 11.6 Å². The van der Waals surface area contributed by atoms with Crippen molar-refractivity contribution in [3.63, 3.8) is 0 Å². The largest absolute Gasteiger partial charge is 0.312 e. The molecule has 1 atom stereocenters. The summed E-state index contributed by atoms with van der Waals surface area (Å²) in [6.07, 6.45) is 3.44. The van der Waals surface area contributed by atoms with Crippen LogP contribution in [0.5, 0.6) is 0 Å². The molecule has 1 unspecified atom stereocenters. The van der Waals surface area contributed by atoms with E-state index in [4.69, 9.17) is 11.6 Å². The molecule has 0 bridgehead atoms. The van der Waals surface area contributed by atoms with Crippen LogP contribution in [0, 0.1) is 0 Å². The van der Waals surface area contributed by atoms with Crippen molar-refractivity contribution in [2.24, 2.45) is 7.05 Å². The van der Waals surface area contributed by atoms with Gasteiger partial charge in [-0.15, -0.1) is 11.6 Å². The monoisotopic (exact) mass is 302 g/mol. The smallest absolute Gasteiger partial charge is 0.158 e. The van der Waals surface area contributed by atoms with Crippen LogP contribution < -0.4 is 0 Å². The predicted octanol–water partition coefficient (Wildman–Crippen LogP) is 1.84. The molecule has 106 valence electrons. The summed E-state index contributed by atoms with van der Waals surface area (Å²) in [5.41, 5.74) is 2.95. The molecule has 0 aliphatic carbocycles. The maximum atomic E-state index is 11.2. The molecule has 0 fully saturated rings. The number of fused-ring (bicyclic) bond motifs is 1. The van der Waals surface area contributed by atoms with Crippen LogP contribution in [0.1, 0.15) is 24.9 Å². The molecule has 19 heavy (non-hydrogen) atoms. The summed E-state index contributed by atoms with van der Waals surface area (Å²) in [5.74, 6) is 1.94. The summed E-state index contributed by atoms with van der Waals surface area (Å²) < 4.78 is 15.1. The predicted molar refractivity (Wildman–Crippen MR) is 79.0 cm³/mol. The summed E-state index contributed by atoms with van der Waals surface area (Å²) in [4.78, 5) is 4.59. The molecule has 0 N–H and O–H groups in total. The van der Waals surface area contributed by atoms with Gasteiger partial charge in [0.15, 0.2) is 5.65 Å². The Balaban J connectivity index is 2.39. The second-order valence-electron chi connectivity index (χ2n) is 4.54. The fourth-order valence-electron chi connectivity index (χ4n) is 2.29. The van der Waals surface area contributed by atoms with Crippen LogP contribution in [0.15, 0.2) is 0 Å². The van der Waals surface area contributed by atoms with Gasteiger partial charge in [0.2, 0.25) is 0 Å². The Hall–Kier alpha value is -0.880. The summed E-state index contributed by atoms with van der Waals surface area (Å²) in [6, 6.07) is 0. The SMILES string of the molecule is CCc1nn(C)c2c1nc(CCl)n2CCCS(C)=O. The number of alkyl halides is 1. The first-order valence-corrected chi connectivity index (χ1v) is 8.61. The highest BCUT2D eigenvalue weighted by atomic mass is 35.5. The molecule has 0 saturated heterocycles. The molecule has 0 radical (unpaired) electrons. The Morgan fingerprint density at radius 3 is 2.74 bits per heavy atom. The van der Waals surface area contributed by atoms with E-state index in [1.165, 1.54) is 0 Å². The number of nitrogens with zero attached hydrogens (tertiary/aromatic N) is 4. The Bertz CT molecular complexity index is 604. The van der Waals surface area contributed by atoms with E-state index in [2.05, 4.69) is 21.6 Å². The molecule has 0 aliphatic rings. The Labute approximate surface area is 120 Å². The van der Waals surface area contributed by atoms with Crippen LogP contribution in [0.3, 0.4) is 0 Å². The maximum Gasteiger partial charge on any atom is 0.158 e. The van der Waals surface area contributed by atoms with Gasteiger partial charge in [0.05, 0.1) is 11.6 Å². The lowest BCUT2D eigenvalue weighted by molar-refractivity contribution is 0.634. The van der Waals surface area contributed by atoms with Crippen molar-refractivity contribution >= 4 is 33.6 Å². The molecule has 2 aromatic rings. The third kappa shape index (κ3) is 2.84. The van der Waals surface area contributed by atoms with Gasteiger partial charge in [0.25, 0.3) is 0 Å². The zero-order valence-electron chi connectivity index (χ0n) is 11.5. The Morgan fingerprint density at radius 2 is 2.16 bits per heavy atom. The van der Waals surface area contributed by atoms with E-state index in [0.29, 0.717) is 11.6 Å². The second kappa shape index (κ2) is 6.05. The Morgan fingerprint density at radius 1 is 1.42 bits per heavy atom. The van der Waals surface area contributed by atoms with Gasteiger partial charge in [0.1, 0.15) is 11.3 Å². The van der Waals surface area contributed by atoms with Gasteiger partial charge in [-0.25, -0.2) is 4.98 Å².